The Bertz CT molecular complexity index is 1200. The van der Waals surface area contributed by atoms with Gasteiger partial charge in [-0.1, -0.05) is 16.8 Å². The van der Waals surface area contributed by atoms with Gasteiger partial charge in [-0.3, -0.25) is 0 Å². The summed E-state index contributed by atoms with van der Waals surface area (Å²) in [6.07, 6.45) is 0. The van der Waals surface area contributed by atoms with Crippen LogP contribution in [0.2, 0.25) is 5.02 Å². The average Bonchev–Trinajstić information content (AvgIpc) is 3.16. The first-order valence-electron chi connectivity index (χ1n) is 8.37. The van der Waals surface area contributed by atoms with E-state index in [1.165, 1.54) is 6.07 Å². The summed E-state index contributed by atoms with van der Waals surface area (Å²) < 4.78 is 21.3. The fourth-order valence-corrected chi connectivity index (χ4v) is 2.96. The number of aromatic nitrogens is 2. The minimum absolute atomic E-state index is 0.0183. The molecule has 0 saturated heterocycles. The Morgan fingerprint density at radius 3 is 2.68 bits per heavy atom. The monoisotopic (exact) mass is 398 g/mol. The zero-order chi connectivity index (χ0) is 19.7. The number of halogens is 1. The summed E-state index contributed by atoms with van der Waals surface area (Å²) in [5, 5.41) is 5.09. The van der Waals surface area contributed by atoms with Gasteiger partial charge in [-0.05, 0) is 42.8 Å². The van der Waals surface area contributed by atoms with Gasteiger partial charge < -0.3 is 18.4 Å². The lowest BCUT2D eigenvalue weighted by Gasteiger charge is -2.08. The SMILES string of the molecule is COc1ccc(-c2noc(COc3cc4oc(=O)cc(C)c4cc3Cl)n2)cc1. The second-order valence-corrected chi connectivity index (χ2v) is 6.46. The molecule has 0 aliphatic carbocycles. The number of hydrogen-bond acceptors (Lipinski definition) is 7. The van der Waals surface area contributed by atoms with Crippen LogP contribution in [0.25, 0.3) is 22.4 Å². The topological polar surface area (TPSA) is 87.6 Å². The van der Waals surface area contributed by atoms with Crippen molar-refractivity contribution in [2.75, 3.05) is 7.11 Å². The van der Waals surface area contributed by atoms with Crippen LogP contribution in [0, 0.1) is 6.92 Å². The molecule has 0 aliphatic rings. The lowest BCUT2D eigenvalue weighted by atomic mass is 10.1. The van der Waals surface area contributed by atoms with Crippen LogP contribution in [0.15, 0.2) is 56.2 Å². The van der Waals surface area contributed by atoms with Gasteiger partial charge in [0.25, 0.3) is 5.89 Å². The van der Waals surface area contributed by atoms with E-state index in [1.807, 2.05) is 31.2 Å². The van der Waals surface area contributed by atoms with E-state index in [4.69, 9.17) is 30.0 Å². The lowest BCUT2D eigenvalue weighted by Crippen LogP contribution is -2.00. The fourth-order valence-electron chi connectivity index (χ4n) is 2.74. The molecule has 142 valence electrons. The zero-order valence-corrected chi connectivity index (χ0v) is 15.8. The van der Waals surface area contributed by atoms with E-state index in [0.717, 1.165) is 22.3 Å². The van der Waals surface area contributed by atoms with Crippen molar-refractivity contribution in [3.8, 4) is 22.9 Å². The number of hydrogen-bond donors (Lipinski definition) is 0. The van der Waals surface area contributed by atoms with Crippen LogP contribution >= 0.6 is 11.6 Å². The normalized spacial score (nSPS) is 11.0. The van der Waals surface area contributed by atoms with Crippen LogP contribution in [-0.4, -0.2) is 17.3 Å². The zero-order valence-electron chi connectivity index (χ0n) is 15.1. The predicted octanol–water partition coefficient (Wildman–Crippen LogP) is 4.39. The van der Waals surface area contributed by atoms with Crippen LogP contribution in [0.1, 0.15) is 11.5 Å². The van der Waals surface area contributed by atoms with E-state index in [9.17, 15) is 4.79 Å². The minimum Gasteiger partial charge on any atom is -0.497 e. The van der Waals surface area contributed by atoms with Crippen LogP contribution in [0.4, 0.5) is 0 Å². The molecule has 4 aromatic rings. The summed E-state index contributed by atoms with van der Waals surface area (Å²) >= 11 is 6.29. The second kappa shape index (κ2) is 7.36. The maximum absolute atomic E-state index is 11.6. The Morgan fingerprint density at radius 1 is 1.14 bits per heavy atom. The molecular formula is C20H15ClN2O5. The number of nitrogens with zero attached hydrogens (tertiary/aromatic N) is 2. The molecule has 0 saturated carbocycles. The van der Waals surface area contributed by atoms with Crippen LogP contribution in [-0.2, 0) is 6.61 Å². The highest BCUT2D eigenvalue weighted by Crippen LogP contribution is 2.31. The minimum atomic E-state index is -0.431. The molecule has 8 heteroatoms. The fraction of sp³-hybridized carbons (Fsp3) is 0.150. The Balaban J connectivity index is 1.54. The maximum Gasteiger partial charge on any atom is 0.336 e. The van der Waals surface area contributed by atoms with Gasteiger partial charge in [0.15, 0.2) is 6.61 Å². The molecular weight excluding hydrogens is 384 g/mol. The van der Waals surface area contributed by atoms with Crippen molar-refractivity contribution >= 4 is 22.6 Å². The summed E-state index contributed by atoms with van der Waals surface area (Å²) in [6.45, 7) is 1.83. The molecule has 0 amide bonds. The van der Waals surface area contributed by atoms with Gasteiger partial charge in [0, 0.05) is 23.1 Å². The van der Waals surface area contributed by atoms with Crippen molar-refractivity contribution in [1.29, 1.82) is 0 Å². The van der Waals surface area contributed by atoms with Gasteiger partial charge in [-0.15, -0.1) is 0 Å². The van der Waals surface area contributed by atoms with Crippen LogP contribution in [0.3, 0.4) is 0 Å². The molecule has 28 heavy (non-hydrogen) atoms. The number of methoxy groups -OCH3 is 1. The predicted molar refractivity (Wildman–Crippen MR) is 103 cm³/mol. The molecule has 2 aromatic carbocycles. The van der Waals surface area contributed by atoms with E-state index in [2.05, 4.69) is 10.1 Å². The number of ether oxygens (including phenoxy) is 2. The van der Waals surface area contributed by atoms with Gasteiger partial charge in [-0.2, -0.15) is 4.98 Å². The Morgan fingerprint density at radius 2 is 1.93 bits per heavy atom. The highest BCUT2D eigenvalue weighted by atomic mass is 35.5. The molecule has 0 spiro atoms. The first-order chi connectivity index (χ1) is 13.5. The van der Waals surface area contributed by atoms with E-state index >= 15 is 0 Å². The lowest BCUT2D eigenvalue weighted by molar-refractivity contribution is 0.243. The molecule has 4 rings (SSSR count). The molecule has 0 atom stereocenters. The van der Waals surface area contributed by atoms with Crippen LogP contribution in [0.5, 0.6) is 11.5 Å². The number of rotatable bonds is 5. The molecule has 0 aliphatic heterocycles. The third kappa shape index (κ3) is 3.57. The molecule has 2 aromatic heterocycles. The second-order valence-electron chi connectivity index (χ2n) is 6.06. The standard InChI is InChI=1S/C20H15ClN2O5/c1-11-7-19(24)27-16-9-17(15(21)8-14(11)16)26-10-18-22-20(23-28-18)12-3-5-13(25-2)6-4-12/h3-9H,10H2,1-2H3. The Hall–Kier alpha value is -3.32. The van der Waals surface area contributed by atoms with Crippen molar-refractivity contribution in [1.82, 2.24) is 10.1 Å². The first-order valence-corrected chi connectivity index (χ1v) is 8.75. The quantitative estimate of drug-likeness (QED) is 0.460. The summed E-state index contributed by atoms with van der Waals surface area (Å²) in [6, 6.07) is 12.0. The van der Waals surface area contributed by atoms with Crippen molar-refractivity contribution in [2.24, 2.45) is 0 Å². The molecule has 0 unspecified atom stereocenters. The number of fused-ring (bicyclic) bond motifs is 1. The first kappa shape index (κ1) is 18.1. The van der Waals surface area contributed by atoms with Crippen molar-refractivity contribution < 1.29 is 18.4 Å². The summed E-state index contributed by atoms with van der Waals surface area (Å²) in [5.74, 6) is 1.82. The summed E-state index contributed by atoms with van der Waals surface area (Å²) in [4.78, 5) is 15.9. The van der Waals surface area contributed by atoms with Gasteiger partial charge in [0.05, 0.1) is 12.1 Å². The van der Waals surface area contributed by atoms with Gasteiger partial charge in [-0.25, -0.2) is 4.79 Å². The average molecular weight is 399 g/mol. The third-order valence-electron chi connectivity index (χ3n) is 4.17. The van der Waals surface area contributed by atoms with Gasteiger partial charge >= 0.3 is 5.63 Å². The number of aryl methyl sites for hydroxylation is 1. The highest BCUT2D eigenvalue weighted by Gasteiger charge is 2.13. The van der Waals surface area contributed by atoms with Crippen molar-refractivity contribution in [3.63, 3.8) is 0 Å². The van der Waals surface area contributed by atoms with E-state index in [-0.39, 0.29) is 12.5 Å². The van der Waals surface area contributed by atoms with E-state index in [1.54, 1.807) is 19.2 Å². The molecule has 0 fully saturated rings. The largest absolute Gasteiger partial charge is 0.497 e. The smallest absolute Gasteiger partial charge is 0.336 e. The van der Waals surface area contributed by atoms with Crippen molar-refractivity contribution in [2.45, 2.75) is 13.5 Å². The van der Waals surface area contributed by atoms with Crippen LogP contribution < -0.4 is 15.1 Å². The van der Waals surface area contributed by atoms with Gasteiger partial charge in [0.2, 0.25) is 5.82 Å². The Labute approximate surface area is 164 Å². The third-order valence-corrected chi connectivity index (χ3v) is 4.47. The molecule has 7 nitrogen and oxygen atoms in total. The molecule has 0 N–H and O–H groups in total. The van der Waals surface area contributed by atoms with Gasteiger partial charge in [0.1, 0.15) is 17.1 Å². The Kier molecular flexibility index (Phi) is 4.75. The summed E-state index contributed by atoms with van der Waals surface area (Å²) in [7, 11) is 1.60. The van der Waals surface area contributed by atoms with E-state index < -0.39 is 5.63 Å². The van der Waals surface area contributed by atoms with Crippen molar-refractivity contribution in [3.05, 3.63) is 69.4 Å². The summed E-state index contributed by atoms with van der Waals surface area (Å²) in [5.41, 5.74) is 1.53. The molecule has 0 bridgehead atoms. The van der Waals surface area contributed by atoms with E-state index in [0.29, 0.717) is 22.2 Å². The maximum atomic E-state index is 11.6. The number of benzene rings is 2. The molecule has 2 heterocycles. The highest BCUT2D eigenvalue weighted by molar-refractivity contribution is 6.32. The molecule has 0 radical (unpaired) electrons.